The number of carbonyl (C=O) groups excluding carboxylic acids is 2. The van der Waals surface area contributed by atoms with Gasteiger partial charge >= 0.3 is 6.18 Å². The van der Waals surface area contributed by atoms with Crippen molar-refractivity contribution in [3.63, 3.8) is 0 Å². The zero-order valence-electron chi connectivity index (χ0n) is 19.2. The number of nitrogens with zero attached hydrogens (tertiary/aromatic N) is 3. The van der Waals surface area contributed by atoms with Gasteiger partial charge in [-0.3, -0.25) is 19.7 Å². The van der Waals surface area contributed by atoms with E-state index in [1.807, 2.05) is 0 Å². The van der Waals surface area contributed by atoms with Crippen LogP contribution >= 0.6 is 0 Å². The first kappa shape index (κ1) is 25.1. The van der Waals surface area contributed by atoms with Crippen LogP contribution in [-0.4, -0.2) is 67.9 Å². The molecule has 1 saturated carbocycles. The Morgan fingerprint density at radius 1 is 1.17 bits per heavy atom. The lowest BCUT2D eigenvalue weighted by Gasteiger charge is -2.38. The summed E-state index contributed by atoms with van der Waals surface area (Å²) in [6.45, 7) is 2.36. The number of pyridine rings is 1. The van der Waals surface area contributed by atoms with Gasteiger partial charge in [-0.25, -0.2) is 4.39 Å². The molecule has 35 heavy (non-hydrogen) atoms. The predicted octanol–water partition coefficient (Wildman–Crippen LogP) is 3.12. The largest absolute Gasteiger partial charge is 0.417 e. The second-order valence-electron chi connectivity index (χ2n) is 9.35. The summed E-state index contributed by atoms with van der Waals surface area (Å²) in [5, 5.41) is 19.3. The first-order chi connectivity index (χ1) is 16.5. The van der Waals surface area contributed by atoms with E-state index in [1.165, 1.54) is 6.07 Å². The van der Waals surface area contributed by atoms with Gasteiger partial charge in [0.25, 0.3) is 5.91 Å². The third-order valence-corrected chi connectivity index (χ3v) is 6.92. The minimum atomic E-state index is -4.68. The number of rotatable bonds is 4. The van der Waals surface area contributed by atoms with Crippen LogP contribution in [0.25, 0.3) is 11.3 Å². The first-order valence-corrected chi connectivity index (χ1v) is 11.5. The normalized spacial score (nSPS) is 23.8. The number of aromatic amines is 1. The van der Waals surface area contributed by atoms with Crippen LogP contribution in [0.2, 0.25) is 0 Å². The lowest BCUT2D eigenvalue weighted by molar-refractivity contribution is -0.270. The molecule has 2 aromatic rings. The van der Waals surface area contributed by atoms with E-state index >= 15 is 0 Å². The predicted molar refractivity (Wildman–Crippen MR) is 117 cm³/mol. The molecular weight excluding hydrogens is 470 g/mol. The second-order valence-corrected chi connectivity index (χ2v) is 9.35. The number of aliphatic hydroxyl groups is 1. The van der Waals surface area contributed by atoms with E-state index in [1.54, 1.807) is 17.9 Å². The van der Waals surface area contributed by atoms with Gasteiger partial charge in [-0.15, -0.1) is 0 Å². The number of piperidine rings is 1. The van der Waals surface area contributed by atoms with E-state index in [-0.39, 0.29) is 41.8 Å². The van der Waals surface area contributed by atoms with E-state index < -0.39 is 36.5 Å². The molecule has 2 aromatic heterocycles. The van der Waals surface area contributed by atoms with Crippen LogP contribution in [0, 0.1) is 18.7 Å². The number of amides is 2. The molecule has 2 fully saturated rings. The lowest BCUT2D eigenvalue weighted by Crippen LogP contribution is -2.52. The molecule has 0 atom stereocenters. The molecule has 190 valence electrons. The van der Waals surface area contributed by atoms with Gasteiger partial charge < -0.3 is 15.3 Å². The molecule has 3 heterocycles. The molecular formula is C23H27F4N5O3. The Bertz CT molecular complexity index is 1090. The number of alkyl halides is 3. The Hall–Kier alpha value is -3.02. The molecule has 12 heteroatoms. The Morgan fingerprint density at radius 3 is 2.46 bits per heavy atom. The van der Waals surface area contributed by atoms with Gasteiger partial charge in [0, 0.05) is 36.3 Å². The first-order valence-electron chi connectivity index (χ1n) is 11.5. The molecule has 1 aliphatic heterocycles. The number of hydrogen-bond acceptors (Lipinski definition) is 5. The number of likely N-dealkylation sites (tertiary alicyclic amines) is 1. The topological polar surface area (TPSA) is 111 Å². The molecule has 2 aliphatic rings. The minimum Gasteiger partial charge on any atom is -0.380 e. The van der Waals surface area contributed by atoms with Crippen molar-refractivity contribution >= 4 is 11.8 Å². The number of nitrogens with one attached hydrogen (secondary N) is 2. The third kappa shape index (κ3) is 5.31. The zero-order chi connectivity index (χ0) is 25.4. The van der Waals surface area contributed by atoms with E-state index in [0.29, 0.717) is 37.3 Å². The molecule has 1 saturated heterocycles. The van der Waals surface area contributed by atoms with E-state index in [2.05, 4.69) is 20.5 Å². The SMILES string of the molecule is Cc1cc(-c2cc(C(=O)N3CCC(C(=O)N[C@H]4CC[C@@](O)(C(F)(F)F)CC4)CC3)n[nH]2)c(F)cn1. The summed E-state index contributed by atoms with van der Waals surface area (Å²) in [6, 6.07) is 2.62. The number of aryl methyl sites for hydroxylation is 1. The summed E-state index contributed by atoms with van der Waals surface area (Å²) in [7, 11) is 0. The Kier molecular flexibility index (Phi) is 6.85. The highest BCUT2D eigenvalue weighted by atomic mass is 19.4. The molecule has 8 nitrogen and oxygen atoms in total. The van der Waals surface area contributed by atoms with Crippen LogP contribution in [0.5, 0.6) is 0 Å². The van der Waals surface area contributed by atoms with Crippen molar-refractivity contribution in [3.8, 4) is 11.3 Å². The van der Waals surface area contributed by atoms with Crippen molar-refractivity contribution in [2.24, 2.45) is 5.92 Å². The Labute approximate surface area is 199 Å². The molecule has 0 spiro atoms. The number of hydrogen-bond donors (Lipinski definition) is 3. The quantitative estimate of drug-likeness (QED) is 0.562. The maximum Gasteiger partial charge on any atom is 0.417 e. The van der Waals surface area contributed by atoms with Crippen LogP contribution in [0.4, 0.5) is 17.6 Å². The summed E-state index contributed by atoms with van der Waals surface area (Å²) in [5.74, 6) is -1.47. The lowest BCUT2D eigenvalue weighted by atomic mass is 9.81. The van der Waals surface area contributed by atoms with E-state index in [9.17, 15) is 32.3 Å². The van der Waals surface area contributed by atoms with Crippen molar-refractivity contribution in [1.29, 1.82) is 0 Å². The molecule has 4 rings (SSSR count). The van der Waals surface area contributed by atoms with Crippen molar-refractivity contribution in [2.45, 2.75) is 63.3 Å². The highest BCUT2D eigenvalue weighted by molar-refractivity contribution is 5.93. The van der Waals surface area contributed by atoms with Crippen molar-refractivity contribution in [3.05, 3.63) is 35.5 Å². The highest BCUT2D eigenvalue weighted by Gasteiger charge is 2.54. The molecule has 0 radical (unpaired) electrons. The molecule has 1 aliphatic carbocycles. The molecule has 0 aromatic carbocycles. The fourth-order valence-electron chi connectivity index (χ4n) is 4.67. The van der Waals surface area contributed by atoms with Crippen molar-refractivity contribution in [2.75, 3.05) is 13.1 Å². The fourth-order valence-corrected chi connectivity index (χ4v) is 4.67. The number of H-pyrrole nitrogens is 1. The minimum absolute atomic E-state index is 0.0537. The van der Waals surface area contributed by atoms with Crippen LogP contribution < -0.4 is 5.32 Å². The standard InChI is InChI=1S/C23H27F4N5O3/c1-13-10-16(17(24)12-28-13)18-11-19(31-30-18)21(34)32-8-4-14(5-9-32)20(33)29-15-2-6-22(35,7-3-15)23(25,26)27/h10-12,14-15,35H,2-9H2,1H3,(H,29,33)(H,30,31)/t15-,22-. The summed E-state index contributed by atoms with van der Waals surface area (Å²) in [5.41, 5.74) is -1.32. The van der Waals surface area contributed by atoms with Gasteiger partial charge in [-0.2, -0.15) is 18.3 Å². The van der Waals surface area contributed by atoms with Gasteiger partial charge in [0.15, 0.2) is 17.1 Å². The van der Waals surface area contributed by atoms with Crippen molar-refractivity contribution in [1.82, 2.24) is 25.4 Å². The second kappa shape index (κ2) is 9.56. The number of halogens is 4. The summed E-state index contributed by atoms with van der Waals surface area (Å²) < 4.78 is 53.0. The Morgan fingerprint density at radius 2 is 1.83 bits per heavy atom. The van der Waals surface area contributed by atoms with Crippen LogP contribution in [0.15, 0.2) is 18.3 Å². The maximum absolute atomic E-state index is 14.1. The van der Waals surface area contributed by atoms with Crippen LogP contribution in [-0.2, 0) is 4.79 Å². The van der Waals surface area contributed by atoms with E-state index in [0.717, 1.165) is 6.20 Å². The zero-order valence-corrected chi connectivity index (χ0v) is 19.2. The average Bonchev–Trinajstić information content (AvgIpc) is 3.31. The van der Waals surface area contributed by atoms with Gasteiger partial charge in [0.1, 0.15) is 0 Å². The van der Waals surface area contributed by atoms with E-state index in [4.69, 9.17) is 0 Å². The van der Waals surface area contributed by atoms with Crippen LogP contribution in [0.1, 0.15) is 54.7 Å². The molecule has 0 unspecified atom stereocenters. The highest BCUT2D eigenvalue weighted by Crippen LogP contribution is 2.41. The molecule has 3 N–H and O–H groups in total. The molecule has 2 amide bonds. The smallest absolute Gasteiger partial charge is 0.380 e. The van der Waals surface area contributed by atoms with Crippen molar-refractivity contribution < 1.29 is 32.3 Å². The monoisotopic (exact) mass is 497 g/mol. The Balaban J connectivity index is 1.28. The van der Waals surface area contributed by atoms with Gasteiger partial charge in [0.05, 0.1) is 11.9 Å². The maximum atomic E-state index is 14.1. The summed E-state index contributed by atoms with van der Waals surface area (Å²) in [4.78, 5) is 30.9. The summed E-state index contributed by atoms with van der Waals surface area (Å²) in [6.07, 6.45) is -3.53. The number of aromatic nitrogens is 3. The average molecular weight is 497 g/mol. The van der Waals surface area contributed by atoms with Gasteiger partial charge in [0.2, 0.25) is 5.91 Å². The summed E-state index contributed by atoms with van der Waals surface area (Å²) >= 11 is 0. The third-order valence-electron chi connectivity index (χ3n) is 6.92. The molecule has 0 bridgehead atoms. The number of carbonyl (C=O) groups is 2. The van der Waals surface area contributed by atoms with Gasteiger partial charge in [-0.1, -0.05) is 0 Å². The van der Waals surface area contributed by atoms with Crippen LogP contribution in [0.3, 0.4) is 0 Å². The fraction of sp³-hybridized carbons (Fsp3) is 0.565. The van der Waals surface area contributed by atoms with Gasteiger partial charge in [-0.05, 0) is 57.6 Å².